The molecule has 1 aliphatic heterocycles. The van der Waals surface area contributed by atoms with E-state index in [1.165, 1.54) is 12.1 Å². The van der Waals surface area contributed by atoms with E-state index in [9.17, 15) is 13.2 Å². The van der Waals surface area contributed by atoms with Gasteiger partial charge in [0, 0.05) is 13.1 Å². The zero-order valence-electron chi connectivity index (χ0n) is 14.7. The van der Waals surface area contributed by atoms with E-state index in [1.54, 1.807) is 23.1 Å². The van der Waals surface area contributed by atoms with E-state index in [0.29, 0.717) is 17.9 Å². The number of benzene rings is 1. The SMILES string of the molecule is FC(F)(F)c1ccccc1CC[C@H]1CCCN(CCCn2cnnn2)C1. The van der Waals surface area contributed by atoms with Gasteiger partial charge in [-0.05, 0) is 73.2 Å². The van der Waals surface area contributed by atoms with Crippen LogP contribution in [0.1, 0.15) is 36.8 Å². The minimum absolute atomic E-state index is 0.413. The van der Waals surface area contributed by atoms with Crippen LogP contribution in [0.15, 0.2) is 30.6 Å². The van der Waals surface area contributed by atoms with Gasteiger partial charge < -0.3 is 4.90 Å². The number of aryl methyl sites for hydroxylation is 2. The third-order valence-electron chi connectivity index (χ3n) is 5.00. The number of rotatable bonds is 7. The monoisotopic (exact) mass is 367 g/mol. The molecule has 2 heterocycles. The van der Waals surface area contributed by atoms with Crippen LogP contribution in [0.4, 0.5) is 13.2 Å². The lowest BCUT2D eigenvalue weighted by Crippen LogP contribution is -2.36. The van der Waals surface area contributed by atoms with Crippen LogP contribution in [-0.4, -0.2) is 44.7 Å². The summed E-state index contributed by atoms with van der Waals surface area (Å²) in [4.78, 5) is 2.41. The molecule has 0 N–H and O–H groups in total. The van der Waals surface area contributed by atoms with Crippen molar-refractivity contribution in [2.24, 2.45) is 5.92 Å². The number of hydrogen-bond acceptors (Lipinski definition) is 4. The molecule has 5 nitrogen and oxygen atoms in total. The Morgan fingerprint density at radius 1 is 1.15 bits per heavy atom. The van der Waals surface area contributed by atoms with E-state index in [1.807, 2.05) is 0 Å². The summed E-state index contributed by atoms with van der Waals surface area (Å²) in [5.41, 5.74) is -0.0788. The summed E-state index contributed by atoms with van der Waals surface area (Å²) in [5, 5.41) is 11.1. The number of tetrazole rings is 1. The Morgan fingerprint density at radius 3 is 2.77 bits per heavy atom. The maximum Gasteiger partial charge on any atom is 0.416 e. The number of alkyl halides is 3. The first-order chi connectivity index (χ1) is 12.5. The van der Waals surface area contributed by atoms with Crippen LogP contribution in [0.2, 0.25) is 0 Å². The van der Waals surface area contributed by atoms with Gasteiger partial charge in [-0.15, -0.1) is 5.10 Å². The fourth-order valence-corrected chi connectivity index (χ4v) is 3.70. The van der Waals surface area contributed by atoms with Crippen molar-refractivity contribution in [2.45, 2.75) is 44.8 Å². The molecule has 0 radical (unpaired) electrons. The van der Waals surface area contributed by atoms with Crippen molar-refractivity contribution in [2.75, 3.05) is 19.6 Å². The molecule has 0 unspecified atom stereocenters. The summed E-state index contributed by atoms with van der Waals surface area (Å²) >= 11 is 0. The molecule has 0 aliphatic carbocycles. The van der Waals surface area contributed by atoms with Crippen LogP contribution in [-0.2, 0) is 19.1 Å². The molecule has 1 aliphatic rings. The molecule has 2 aromatic rings. The number of piperidine rings is 1. The zero-order valence-corrected chi connectivity index (χ0v) is 14.7. The van der Waals surface area contributed by atoms with E-state index in [0.717, 1.165) is 51.9 Å². The number of likely N-dealkylation sites (tertiary alicyclic amines) is 1. The fraction of sp³-hybridized carbons (Fsp3) is 0.611. The van der Waals surface area contributed by atoms with E-state index < -0.39 is 11.7 Å². The highest BCUT2D eigenvalue weighted by atomic mass is 19.4. The highest BCUT2D eigenvalue weighted by molar-refractivity contribution is 5.29. The van der Waals surface area contributed by atoms with Crippen molar-refractivity contribution in [1.29, 1.82) is 0 Å². The molecule has 1 aromatic carbocycles. The molecule has 0 bridgehead atoms. The molecule has 1 saturated heterocycles. The van der Waals surface area contributed by atoms with Crippen molar-refractivity contribution in [3.8, 4) is 0 Å². The van der Waals surface area contributed by atoms with Gasteiger partial charge in [-0.25, -0.2) is 4.68 Å². The van der Waals surface area contributed by atoms with E-state index >= 15 is 0 Å². The minimum atomic E-state index is -4.27. The van der Waals surface area contributed by atoms with Crippen molar-refractivity contribution < 1.29 is 13.2 Å². The number of aromatic nitrogens is 4. The van der Waals surface area contributed by atoms with Crippen LogP contribution in [0, 0.1) is 5.92 Å². The second-order valence-electron chi connectivity index (χ2n) is 6.93. The van der Waals surface area contributed by atoms with Crippen LogP contribution >= 0.6 is 0 Å². The first kappa shape index (κ1) is 18.8. The van der Waals surface area contributed by atoms with Crippen LogP contribution in [0.5, 0.6) is 0 Å². The second-order valence-corrected chi connectivity index (χ2v) is 6.93. The topological polar surface area (TPSA) is 46.8 Å². The largest absolute Gasteiger partial charge is 0.416 e. The minimum Gasteiger partial charge on any atom is -0.303 e. The Hall–Kier alpha value is -1.96. The molecule has 1 aromatic heterocycles. The average Bonchev–Trinajstić information content (AvgIpc) is 3.13. The van der Waals surface area contributed by atoms with Crippen LogP contribution < -0.4 is 0 Å². The Bertz CT molecular complexity index is 672. The third kappa shape index (κ3) is 5.27. The molecule has 1 atom stereocenters. The van der Waals surface area contributed by atoms with Crippen molar-refractivity contribution >= 4 is 0 Å². The van der Waals surface area contributed by atoms with E-state index in [-0.39, 0.29) is 0 Å². The van der Waals surface area contributed by atoms with Gasteiger partial charge in [-0.2, -0.15) is 13.2 Å². The predicted molar refractivity (Wildman–Crippen MR) is 91.4 cm³/mol. The molecule has 8 heteroatoms. The first-order valence-corrected chi connectivity index (χ1v) is 9.10. The standard InChI is InChI=1S/C18H24F3N5/c19-18(20,21)17-7-2-1-6-16(17)9-8-15-5-3-10-25(13-15)11-4-12-26-14-22-23-24-26/h1-2,6-7,14-15H,3-5,8-13H2/t15-/m1/s1. The molecule has 1 fully saturated rings. The maximum atomic E-state index is 13.1. The Labute approximate surface area is 151 Å². The lowest BCUT2D eigenvalue weighted by atomic mass is 9.90. The fourth-order valence-electron chi connectivity index (χ4n) is 3.70. The molecule has 0 amide bonds. The van der Waals surface area contributed by atoms with Crippen LogP contribution in [0.3, 0.4) is 0 Å². The third-order valence-corrected chi connectivity index (χ3v) is 5.00. The van der Waals surface area contributed by atoms with Crippen molar-refractivity contribution in [3.05, 3.63) is 41.7 Å². The predicted octanol–water partition coefficient (Wildman–Crippen LogP) is 3.43. The Kier molecular flexibility index (Phi) is 6.24. The van der Waals surface area contributed by atoms with Crippen LogP contribution in [0.25, 0.3) is 0 Å². The van der Waals surface area contributed by atoms with Gasteiger partial charge in [0.25, 0.3) is 0 Å². The van der Waals surface area contributed by atoms with Gasteiger partial charge in [0.1, 0.15) is 6.33 Å². The summed E-state index contributed by atoms with van der Waals surface area (Å²) in [7, 11) is 0. The molecule has 26 heavy (non-hydrogen) atoms. The molecular formula is C18H24F3N5. The number of hydrogen-bond donors (Lipinski definition) is 0. The molecule has 0 spiro atoms. The lowest BCUT2D eigenvalue weighted by molar-refractivity contribution is -0.138. The summed E-state index contributed by atoms with van der Waals surface area (Å²) in [6.45, 7) is 3.78. The summed E-state index contributed by atoms with van der Waals surface area (Å²) in [5.74, 6) is 0.457. The smallest absolute Gasteiger partial charge is 0.303 e. The molecular weight excluding hydrogens is 343 g/mol. The van der Waals surface area contributed by atoms with Gasteiger partial charge >= 0.3 is 6.18 Å². The van der Waals surface area contributed by atoms with E-state index in [4.69, 9.17) is 0 Å². The Balaban J connectivity index is 1.47. The van der Waals surface area contributed by atoms with Gasteiger partial charge in [0.05, 0.1) is 5.56 Å². The van der Waals surface area contributed by atoms with Gasteiger partial charge in [-0.3, -0.25) is 0 Å². The van der Waals surface area contributed by atoms with Gasteiger partial charge in [0.15, 0.2) is 0 Å². The lowest BCUT2D eigenvalue weighted by Gasteiger charge is -2.33. The van der Waals surface area contributed by atoms with Crippen molar-refractivity contribution in [1.82, 2.24) is 25.1 Å². The number of nitrogens with zero attached hydrogens (tertiary/aromatic N) is 5. The molecule has 3 rings (SSSR count). The zero-order chi connectivity index (χ0) is 18.4. The number of halogens is 3. The van der Waals surface area contributed by atoms with Crippen molar-refractivity contribution in [3.63, 3.8) is 0 Å². The molecule has 0 saturated carbocycles. The summed E-state index contributed by atoms with van der Waals surface area (Å²) < 4.78 is 41.0. The molecule has 142 valence electrons. The Morgan fingerprint density at radius 2 is 2.00 bits per heavy atom. The normalized spacial score (nSPS) is 19.0. The van der Waals surface area contributed by atoms with E-state index in [2.05, 4.69) is 20.4 Å². The highest BCUT2D eigenvalue weighted by Crippen LogP contribution is 2.33. The summed E-state index contributed by atoms with van der Waals surface area (Å²) in [6, 6.07) is 5.94. The summed E-state index contributed by atoms with van der Waals surface area (Å²) in [6.07, 6.45) is 1.79. The maximum absolute atomic E-state index is 13.1. The second kappa shape index (κ2) is 8.62. The first-order valence-electron chi connectivity index (χ1n) is 9.10. The highest BCUT2D eigenvalue weighted by Gasteiger charge is 2.33. The van der Waals surface area contributed by atoms with Gasteiger partial charge in [0.2, 0.25) is 0 Å². The van der Waals surface area contributed by atoms with Gasteiger partial charge in [-0.1, -0.05) is 18.2 Å². The average molecular weight is 367 g/mol. The quantitative estimate of drug-likeness (QED) is 0.752.